The largest absolute Gasteiger partial charge is 0.279 e. The van der Waals surface area contributed by atoms with E-state index in [1.165, 1.54) is 10.4 Å². The number of nitrogens with one attached hydrogen (secondary N) is 1. The summed E-state index contributed by atoms with van der Waals surface area (Å²) in [7, 11) is -7.37. The summed E-state index contributed by atoms with van der Waals surface area (Å²) in [5.74, 6) is 0.0602. The van der Waals surface area contributed by atoms with Crippen molar-refractivity contribution in [3.8, 4) is 0 Å². The van der Waals surface area contributed by atoms with Crippen molar-refractivity contribution in [3.05, 3.63) is 58.1 Å². The van der Waals surface area contributed by atoms with Crippen molar-refractivity contribution in [2.24, 2.45) is 0 Å². The van der Waals surface area contributed by atoms with Crippen LogP contribution in [0.4, 0.5) is 17.1 Å². The summed E-state index contributed by atoms with van der Waals surface area (Å²) in [6, 6.07) is 9.23. The van der Waals surface area contributed by atoms with Gasteiger partial charge in [0.15, 0.2) is 0 Å². The van der Waals surface area contributed by atoms with Crippen molar-refractivity contribution in [2.45, 2.75) is 18.2 Å². The summed E-state index contributed by atoms with van der Waals surface area (Å²) in [6.45, 7) is 2.04. The normalized spacial score (nSPS) is 16.3. The molecule has 0 bridgehead atoms. The van der Waals surface area contributed by atoms with Gasteiger partial charge in [0.05, 0.1) is 26.9 Å². The molecule has 144 valence electrons. The van der Waals surface area contributed by atoms with E-state index in [0.29, 0.717) is 24.2 Å². The average Bonchev–Trinajstić information content (AvgIpc) is 2.96. The predicted octanol–water partition coefficient (Wildman–Crippen LogP) is 2.24. The topological polar surface area (TPSA) is 127 Å². The Morgan fingerprint density at radius 1 is 1.15 bits per heavy atom. The first-order valence-electron chi connectivity index (χ1n) is 7.98. The Morgan fingerprint density at radius 2 is 1.81 bits per heavy atom. The van der Waals surface area contributed by atoms with Crippen molar-refractivity contribution in [1.29, 1.82) is 0 Å². The Kier molecular flexibility index (Phi) is 4.82. The molecule has 0 saturated carbocycles. The molecule has 3 rings (SSSR count). The number of hydrogen-bond acceptors (Lipinski definition) is 6. The Hall–Kier alpha value is -2.66. The number of nitrogens with zero attached hydrogens (tertiary/aromatic N) is 2. The van der Waals surface area contributed by atoms with E-state index >= 15 is 0 Å². The molecule has 1 aliphatic heterocycles. The summed E-state index contributed by atoms with van der Waals surface area (Å²) in [5, 5.41) is 10.7. The van der Waals surface area contributed by atoms with Crippen LogP contribution in [0.2, 0.25) is 0 Å². The number of non-ortho nitro benzene ring substituents is 1. The number of sulfonamides is 2. The van der Waals surface area contributed by atoms with Gasteiger partial charge >= 0.3 is 0 Å². The van der Waals surface area contributed by atoms with Crippen molar-refractivity contribution >= 4 is 37.1 Å². The maximum absolute atomic E-state index is 12.6. The first kappa shape index (κ1) is 19.1. The lowest BCUT2D eigenvalue weighted by molar-refractivity contribution is -0.384. The van der Waals surface area contributed by atoms with Crippen molar-refractivity contribution in [1.82, 2.24) is 0 Å². The quantitative estimate of drug-likeness (QED) is 0.594. The third kappa shape index (κ3) is 3.88. The summed E-state index contributed by atoms with van der Waals surface area (Å²) < 4.78 is 53.0. The van der Waals surface area contributed by atoms with E-state index in [1.54, 1.807) is 19.1 Å². The van der Waals surface area contributed by atoms with Crippen molar-refractivity contribution < 1.29 is 21.8 Å². The van der Waals surface area contributed by atoms with Crippen molar-refractivity contribution in [3.63, 3.8) is 0 Å². The van der Waals surface area contributed by atoms with Gasteiger partial charge in [-0.3, -0.25) is 19.1 Å². The lowest BCUT2D eigenvalue weighted by Gasteiger charge is -2.19. The fourth-order valence-electron chi connectivity index (χ4n) is 2.76. The third-order valence-corrected chi connectivity index (χ3v) is 7.46. The predicted molar refractivity (Wildman–Crippen MR) is 101 cm³/mol. The minimum Gasteiger partial charge on any atom is -0.279 e. The molecule has 2 aromatic rings. The van der Waals surface area contributed by atoms with Gasteiger partial charge in [0.1, 0.15) is 0 Å². The molecule has 11 heteroatoms. The van der Waals surface area contributed by atoms with E-state index in [-0.39, 0.29) is 22.0 Å². The van der Waals surface area contributed by atoms with Gasteiger partial charge in [0, 0.05) is 18.7 Å². The second kappa shape index (κ2) is 6.82. The van der Waals surface area contributed by atoms with E-state index < -0.39 is 25.0 Å². The van der Waals surface area contributed by atoms with Gasteiger partial charge in [-0.05, 0) is 43.2 Å². The van der Waals surface area contributed by atoms with Crippen LogP contribution in [0.25, 0.3) is 0 Å². The standard InChI is InChI=1S/C16H17N3O6S2/c1-12-3-4-14(18-9-2-10-26(18,22)23)11-16(12)17-27(24,25)15-7-5-13(6-8-15)19(20)21/h3-8,11,17H,2,9-10H2,1H3. The minimum absolute atomic E-state index is 0.0602. The molecule has 1 aliphatic rings. The summed E-state index contributed by atoms with van der Waals surface area (Å²) in [5.41, 5.74) is 1.03. The second-order valence-corrected chi connectivity index (χ2v) is 9.79. The Bertz CT molecular complexity index is 1100. The maximum atomic E-state index is 12.6. The first-order valence-corrected chi connectivity index (χ1v) is 11.1. The van der Waals surface area contributed by atoms with Crippen molar-refractivity contribution in [2.75, 3.05) is 21.3 Å². The summed E-state index contributed by atoms with van der Waals surface area (Å²) in [4.78, 5) is 9.95. The van der Waals surface area contributed by atoms with Crippen LogP contribution in [0.3, 0.4) is 0 Å². The fourth-order valence-corrected chi connectivity index (χ4v) is 5.43. The molecule has 0 radical (unpaired) electrons. The number of aryl methyl sites for hydroxylation is 1. The van der Waals surface area contributed by atoms with Crippen LogP contribution < -0.4 is 9.03 Å². The van der Waals surface area contributed by atoms with Gasteiger partial charge in [0.25, 0.3) is 15.7 Å². The molecule has 0 amide bonds. The molecule has 0 aromatic heterocycles. The van der Waals surface area contributed by atoms with E-state index in [1.807, 2.05) is 0 Å². The van der Waals surface area contributed by atoms with Crippen LogP contribution in [-0.4, -0.2) is 34.1 Å². The van der Waals surface area contributed by atoms with Gasteiger partial charge in [0.2, 0.25) is 10.0 Å². The zero-order chi connectivity index (χ0) is 19.8. The molecular weight excluding hydrogens is 394 g/mol. The van der Waals surface area contributed by atoms with Gasteiger partial charge in [-0.1, -0.05) is 6.07 Å². The van der Waals surface area contributed by atoms with Gasteiger partial charge in [-0.2, -0.15) is 0 Å². The minimum atomic E-state index is -3.99. The maximum Gasteiger partial charge on any atom is 0.269 e. The Balaban J connectivity index is 1.92. The van der Waals surface area contributed by atoms with Crippen LogP contribution in [0.5, 0.6) is 0 Å². The molecule has 0 unspecified atom stereocenters. The number of nitro groups is 1. The zero-order valence-electron chi connectivity index (χ0n) is 14.3. The van der Waals surface area contributed by atoms with Gasteiger partial charge in [-0.15, -0.1) is 0 Å². The molecule has 1 fully saturated rings. The summed E-state index contributed by atoms with van der Waals surface area (Å²) >= 11 is 0. The highest BCUT2D eigenvalue weighted by Crippen LogP contribution is 2.30. The van der Waals surface area contributed by atoms with E-state index in [2.05, 4.69) is 4.72 Å². The highest BCUT2D eigenvalue weighted by Gasteiger charge is 2.29. The SMILES string of the molecule is Cc1ccc(N2CCCS2(=O)=O)cc1NS(=O)(=O)c1ccc([N+](=O)[O-])cc1. The smallest absolute Gasteiger partial charge is 0.269 e. The average molecular weight is 411 g/mol. The number of hydrogen-bond donors (Lipinski definition) is 1. The highest BCUT2D eigenvalue weighted by molar-refractivity contribution is 7.93. The van der Waals surface area contributed by atoms with E-state index in [4.69, 9.17) is 0 Å². The number of rotatable bonds is 5. The second-order valence-electron chi connectivity index (χ2n) is 6.10. The zero-order valence-corrected chi connectivity index (χ0v) is 16.0. The molecule has 1 heterocycles. The fraction of sp³-hybridized carbons (Fsp3) is 0.250. The van der Waals surface area contributed by atoms with Gasteiger partial charge in [-0.25, -0.2) is 16.8 Å². The van der Waals surface area contributed by atoms with Crippen LogP contribution >= 0.6 is 0 Å². The number of nitro benzene ring substituents is 1. The lowest BCUT2D eigenvalue weighted by Crippen LogP contribution is -2.25. The van der Waals surface area contributed by atoms with Crippen LogP contribution in [0.1, 0.15) is 12.0 Å². The Morgan fingerprint density at radius 3 is 2.37 bits per heavy atom. The first-order chi connectivity index (χ1) is 12.6. The molecule has 1 N–H and O–H groups in total. The molecule has 0 spiro atoms. The molecule has 0 atom stereocenters. The van der Waals surface area contributed by atoms with E-state index in [9.17, 15) is 26.9 Å². The Labute approximate surface area is 156 Å². The van der Waals surface area contributed by atoms with Crippen LogP contribution in [0.15, 0.2) is 47.4 Å². The summed E-state index contributed by atoms with van der Waals surface area (Å²) in [6.07, 6.45) is 0.514. The molecular formula is C16H17N3O6S2. The number of anilines is 2. The highest BCUT2D eigenvalue weighted by atomic mass is 32.2. The van der Waals surface area contributed by atoms with Crippen LogP contribution in [-0.2, 0) is 20.0 Å². The number of benzene rings is 2. The van der Waals surface area contributed by atoms with Gasteiger partial charge < -0.3 is 0 Å². The van der Waals surface area contributed by atoms with E-state index in [0.717, 1.165) is 24.3 Å². The lowest BCUT2D eigenvalue weighted by atomic mass is 10.2. The van der Waals surface area contributed by atoms with Crippen LogP contribution in [0, 0.1) is 17.0 Å². The third-order valence-electron chi connectivity index (χ3n) is 4.21. The molecule has 2 aromatic carbocycles. The molecule has 27 heavy (non-hydrogen) atoms. The molecule has 1 saturated heterocycles. The monoisotopic (exact) mass is 411 g/mol. The molecule has 0 aliphatic carbocycles. The molecule has 9 nitrogen and oxygen atoms in total.